The summed E-state index contributed by atoms with van der Waals surface area (Å²) in [4.78, 5) is 0. The van der Waals surface area contributed by atoms with Gasteiger partial charge in [-0.2, -0.15) is 5.10 Å². The normalized spacial score (nSPS) is 19.8. The highest BCUT2D eigenvalue weighted by atomic mass is 16.3. The highest BCUT2D eigenvalue weighted by Crippen LogP contribution is 2.34. The summed E-state index contributed by atoms with van der Waals surface area (Å²) in [5, 5.41) is 13.9. The number of hydrogen-bond donors (Lipinski definition) is 2. The van der Waals surface area contributed by atoms with E-state index in [9.17, 15) is 5.11 Å². The van der Waals surface area contributed by atoms with Crippen LogP contribution in [0.1, 0.15) is 25.7 Å². The number of nitrogens with zero attached hydrogens (tertiary/aromatic N) is 2. The van der Waals surface area contributed by atoms with Gasteiger partial charge >= 0.3 is 0 Å². The van der Waals surface area contributed by atoms with Crippen molar-refractivity contribution in [3.05, 3.63) is 12.4 Å². The first-order chi connectivity index (χ1) is 6.18. The molecule has 72 valence electrons. The average molecular weight is 181 g/mol. The molecular formula is C9H15N3O. The van der Waals surface area contributed by atoms with Gasteiger partial charge in [-0.15, -0.1) is 0 Å². The molecule has 1 aromatic rings. The lowest BCUT2D eigenvalue weighted by molar-refractivity contribution is -0.0438. The van der Waals surface area contributed by atoms with E-state index in [2.05, 4.69) is 5.10 Å². The summed E-state index contributed by atoms with van der Waals surface area (Å²) in [5.41, 5.74) is 5.78. The zero-order valence-electron chi connectivity index (χ0n) is 7.61. The number of aromatic nitrogens is 2. The lowest BCUT2D eigenvalue weighted by Crippen LogP contribution is -2.37. The third kappa shape index (κ3) is 1.83. The Morgan fingerprint density at radius 3 is 2.85 bits per heavy atom. The fourth-order valence-corrected chi connectivity index (χ4v) is 1.66. The number of rotatable bonds is 3. The summed E-state index contributed by atoms with van der Waals surface area (Å²) in [5.74, 6) is 0. The third-order valence-corrected chi connectivity index (χ3v) is 2.74. The fraction of sp³-hybridized carbons (Fsp3) is 0.667. The molecule has 0 unspecified atom stereocenters. The van der Waals surface area contributed by atoms with Crippen LogP contribution in [0.4, 0.5) is 5.69 Å². The predicted octanol–water partition coefficient (Wildman–Crippen LogP) is 0.770. The molecule has 4 heteroatoms. The van der Waals surface area contributed by atoms with Gasteiger partial charge in [-0.1, -0.05) is 0 Å². The van der Waals surface area contributed by atoms with Crippen LogP contribution in [0.25, 0.3) is 0 Å². The second-order valence-electron chi connectivity index (χ2n) is 3.86. The Kier molecular flexibility index (Phi) is 2.00. The molecule has 0 spiro atoms. The minimum atomic E-state index is -0.416. The molecule has 1 aliphatic rings. The SMILES string of the molecule is Nc1cnn(CCC2(O)CCC2)c1. The quantitative estimate of drug-likeness (QED) is 0.724. The first kappa shape index (κ1) is 8.56. The standard InChI is InChI=1S/C9H15N3O/c10-8-6-11-12(7-8)5-4-9(13)2-1-3-9/h6-7,13H,1-5,10H2. The average Bonchev–Trinajstić information content (AvgIpc) is 2.44. The van der Waals surface area contributed by atoms with Gasteiger partial charge in [-0.05, 0) is 25.7 Å². The molecule has 1 saturated carbocycles. The van der Waals surface area contributed by atoms with Gasteiger partial charge in [0.2, 0.25) is 0 Å². The molecule has 13 heavy (non-hydrogen) atoms. The van der Waals surface area contributed by atoms with Gasteiger partial charge in [0.05, 0.1) is 17.5 Å². The van der Waals surface area contributed by atoms with Crippen LogP contribution in [0.15, 0.2) is 12.4 Å². The monoisotopic (exact) mass is 181 g/mol. The number of hydrogen-bond acceptors (Lipinski definition) is 3. The van der Waals surface area contributed by atoms with Crippen molar-refractivity contribution >= 4 is 5.69 Å². The minimum absolute atomic E-state index is 0.416. The van der Waals surface area contributed by atoms with Crippen molar-refractivity contribution in [2.75, 3.05) is 5.73 Å². The summed E-state index contributed by atoms with van der Waals surface area (Å²) in [6, 6.07) is 0. The van der Waals surface area contributed by atoms with Gasteiger partial charge in [0, 0.05) is 12.7 Å². The van der Waals surface area contributed by atoms with Crippen molar-refractivity contribution in [1.29, 1.82) is 0 Å². The van der Waals surface area contributed by atoms with Crippen LogP contribution in [0, 0.1) is 0 Å². The molecule has 2 rings (SSSR count). The van der Waals surface area contributed by atoms with E-state index in [1.54, 1.807) is 17.1 Å². The predicted molar refractivity (Wildman–Crippen MR) is 50.1 cm³/mol. The van der Waals surface area contributed by atoms with Gasteiger partial charge in [-0.3, -0.25) is 4.68 Å². The van der Waals surface area contributed by atoms with Crippen LogP contribution < -0.4 is 5.73 Å². The molecule has 0 atom stereocenters. The van der Waals surface area contributed by atoms with E-state index in [1.807, 2.05) is 0 Å². The van der Waals surface area contributed by atoms with E-state index in [0.29, 0.717) is 5.69 Å². The zero-order chi connectivity index (χ0) is 9.31. The lowest BCUT2D eigenvalue weighted by Gasteiger charge is -2.36. The summed E-state index contributed by atoms with van der Waals surface area (Å²) < 4.78 is 1.78. The van der Waals surface area contributed by atoms with E-state index in [4.69, 9.17) is 5.73 Å². The first-order valence-corrected chi connectivity index (χ1v) is 4.68. The molecule has 0 radical (unpaired) electrons. The van der Waals surface area contributed by atoms with Crippen LogP contribution in [0.5, 0.6) is 0 Å². The number of anilines is 1. The van der Waals surface area contributed by atoms with Crippen molar-refractivity contribution in [3.8, 4) is 0 Å². The Hall–Kier alpha value is -1.03. The van der Waals surface area contributed by atoms with E-state index >= 15 is 0 Å². The molecule has 1 aromatic heterocycles. The number of nitrogen functional groups attached to an aromatic ring is 1. The molecule has 1 heterocycles. The van der Waals surface area contributed by atoms with E-state index in [1.165, 1.54) is 0 Å². The van der Waals surface area contributed by atoms with Crippen molar-refractivity contribution in [2.24, 2.45) is 0 Å². The van der Waals surface area contributed by atoms with Crippen LogP contribution in [-0.2, 0) is 6.54 Å². The zero-order valence-corrected chi connectivity index (χ0v) is 7.61. The highest BCUT2D eigenvalue weighted by Gasteiger charge is 2.33. The number of nitrogens with two attached hydrogens (primary N) is 1. The molecule has 1 aliphatic carbocycles. The molecule has 1 fully saturated rings. The van der Waals surface area contributed by atoms with Gasteiger partial charge < -0.3 is 10.8 Å². The Morgan fingerprint density at radius 1 is 1.62 bits per heavy atom. The van der Waals surface area contributed by atoms with Gasteiger partial charge in [-0.25, -0.2) is 0 Å². The Bertz CT molecular complexity index is 291. The van der Waals surface area contributed by atoms with Crippen molar-refractivity contribution in [3.63, 3.8) is 0 Å². The topological polar surface area (TPSA) is 64.1 Å². The van der Waals surface area contributed by atoms with Crippen LogP contribution >= 0.6 is 0 Å². The largest absolute Gasteiger partial charge is 0.396 e. The maximum absolute atomic E-state index is 9.81. The van der Waals surface area contributed by atoms with Crippen molar-refractivity contribution in [2.45, 2.75) is 37.8 Å². The molecule has 0 bridgehead atoms. The molecular weight excluding hydrogens is 166 g/mol. The molecule has 0 aliphatic heterocycles. The third-order valence-electron chi connectivity index (χ3n) is 2.74. The van der Waals surface area contributed by atoms with Crippen LogP contribution in [-0.4, -0.2) is 20.5 Å². The molecule has 0 saturated heterocycles. The molecule has 0 amide bonds. The number of aryl methyl sites for hydroxylation is 1. The van der Waals surface area contributed by atoms with Gasteiger partial charge in [0.25, 0.3) is 0 Å². The van der Waals surface area contributed by atoms with Gasteiger partial charge in [0.1, 0.15) is 0 Å². The van der Waals surface area contributed by atoms with E-state index in [-0.39, 0.29) is 0 Å². The van der Waals surface area contributed by atoms with E-state index in [0.717, 1.165) is 32.2 Å². The second kappa shape index (κ2) is 3.03. The first-order valence-electron chi connectivity index (χ1n) is 4.68. The smallest absolute Gasteiger partial charge is 0.0719 e. The number of aliphatic hydroxyl groups is 1. The summed E-state index contributed by atoms with van der Waals surface area (Å²) in [7, 11) is 0. The Morgan fingerprint density at radius 2 is 2.38 bits per heavy atom. The van der Waals surface area contributed by atoms with Gasteiger partial charge in [0.15, 0.2) is 0 Å². The summed E-state index contributed by atoms with van der Waals surface area (Å²) in [6.07, 6.45) is 7.23. The van der Waals surface area contributed by atoms with Crippen molar-refractivity contribution in [1.82, 2.24) is 9.78 Å². The molecule has 3 N–H and O–H groups in total. The maximum atomic E-state index is 9.81. The summed E-state index contributed by atoms with van der Waals surface area (Å²) in [6.45, 7) is 0.758. The Labute approximate surface area is 77.4 Å². The fourth-order valence-electron chi connectivity index (χ4n) is 1.66. The van der Waals surface area contributed by atoms with E-state index < -0.39 is 5.60 Å². The molecule has 0 aromatic carbocycles. The van der Waals surface area contributed by atoms with Crippen molar-refractivity contribution < 1.29 is 5.11 Å². The maximum Gasteiger partial charge on any atom is 0.0719 e. The highest BCUT2D eigenvalue weighted by molar-refractivity contribution is 5.30. The van der Waals surface area contributed by atoms with Crippen LogP contribution in [0.3, 0.4) is 0 Å². The minimum Gasteiger partial charge on any atom is -0.396 e. The van der Waals surface area contributed by atoms with Crippen LogP contribution in [0.2, 0.25) is 0 Å². The molecule has 4 nitrogen and oxygen atoms in total. The summed E-state index contributed by atoms with van der Waals surface area (Å²) >= 11 is 0. The second-order valence-corrected chi connectivity index (χ2v) is 3.86. The Balaban J connectivity index is 1.85. The lowest BCUT2D eigenvalue weighted by atomic mass is 9.78.